The number of rotatable bonds is 5. The lowest BCUT2D eigenvalue weighted by Gasteiger charge is -2.16. The largest absolute Gasteiger partial charge is 0.417 e. The molecule has 0 bridgehead atoms. The molecular formula is C10H13F3N2O2. The van der Waals surface area contributed by atoms with Gasteiger partial charge in [0.15, 0.2) is 0 Å². The van der Waals surface area contributed by atoms with Crippen LogP contribution in [0.5, 0.6) is 0 Å². The van der Waals surface area contributed by atoms with E-state index in [-0.39, 0.29) is 19.0 Å². The third-order valence-electron chi connectivity index (χ3n) is 2.03. The van der Waals surface area contributed by atoms with Crippen LogP contribution in [0, 0.1) is 0 Å². The first kappa shape index (κ1) is 13.7. The van der Waals surface area contributed by atoms with Crippen molar-refractivity contribution in [2.45, 2.75) is 12.2 Å². The minimum absolute atomic E-state index is 0.198. The van der Waals surface area contributed by atoms with Crippen molar-refractivity contribution in [1.29, 1.82) is 0 Å². The Balaban J connectivity index is 2.68. The highest BCUT2D eigenvalue weighted by atomic mass is 19.4. The van der Waals surface area contributed by atoms with Gasteiger partial charge < -0.3 is 15.2 Å². The SMILES string of the molecule is COCC(CO)Nc1ccc(C(F)(F)F)cn1. The number of methoxy groups -OCH3 is 1. The molecule has 0 amide bonds. The van der Waals surface area contributed by atoms with Gasteiger partial charge in [-0.3, -0.25) is 0 Å². The molecule has 0 aromatic carbocycles. The highest BCUT2D eigenvalue weighted by Crippen LogP contribution is 2.28. The van der Waals surface area contributed by atoms with E-state index in [1.165, 1.54) is 13.2 Å². The summed E-state index contributed by atoms with van der Waals surface area (Å²) in [6.45, 7) is 0.0374. The second kappa shape index (κ2) is 5.83. The standard InChI is InChI=1S/C10H13F3N2O2/c1-17-6-8(5-16)15-9-3-2-7(4-14-9)10(11,12)13/h2-4,8,16H,5-6H2,1H3,(H,14,15). The zero-order valence-electron chi connectivity index (χ0n) is 9.16. The molecule has 1 aromatic rings. The lowest BCUT2D eigenvalue weighted by molar-refractivity contribution is -0.137. The fraction of sp³-hybridized carbons (Fsp3) is 0.500. The first-order valence-corrected chi connectivity index (χ1v) is 4.87. The first-order chi connectivity index (χ1) is 7.97. The summed E-state index contributed by atoms with van der Waals surface area (Å²) in [5.41, 5.74) is -0.810. The number of hydrogen-bond donors (Lipinski definition) is 2. The lowest BCUT2D eigenvalue weighted by Crippen LogP contribution is -2.29. The Morgan fingerprint density at radius 2 is 2.18 bits per heavy atom. The summed E-state index contributed by atoms with van der Waals surface area (Å²) in [4.78, 5) is 3.62. The average molecular weight is 250 g/mol. The number of halogens is 3. The van der Waals surface area contributed by atoms with Crippen LogP contribution in [0.2, 0.25) is 0 Å². The second-order valence-corrected chi connectivity index (χ2v) is 3.41. The minimum Gasteiger partial charge on any atom is -0.394 e. The molecule has 0 spiro atoms. The molecule has 2 N–H and O–H groups in total. The monoisotopic (exact) mass is 250 g/mol. The molecule has 1 rings (SSSR count). The molecule has 1 aromatic heterocycles. The predicted octanol–water partition coefficient (Wildman–Crippen LogP) is 1.52. The Morgan fingerprint density at radius 3 is 2.59 bits per heavy atom. The van der Waals surface area contributed by atoms with E-state index in [9.17, 15) is 13.2 Å². The number of ether oxygens (including phenoxy) is 1. The molecule has 1 unspecified atom stereocenters. The van der Waals surface area contributed by atoms with Crippen LogP contribution in [0.4, 0.5) is 19.0 Å². The Kier molecular flexibility index (Phi) is 4.71. The van der Waals surface area contributed by atoms with Gasteiger partial charge in [-0.05, 0) is 12.1 Å². The van der Waals surface area contributed by atoms with Crippen LogP contribution < -0.4 is 5.32 Å². The van der Waals surface area contributed by atoms with Gasteiger partial charge in [0.05, 0.1) is 24.8 Å². The van der Waals surface area contributed by atoms with Gasteiger partial charge in [-0.2, -0.15) is 13.2 Å². The molecule has 1 heterocycles. The van der Waals surface area contributed by atoms with Gasteiger partial charge in [0.2, 0.25) is 0 Å². The molecule has 7 heteroatoms. The number of nitrogens with one attached hydrogen (secondary N) is 1. The predicted molar refractivity (Wildman–Crippen MR) is 55.6 cm³/mol. The van der Waals surface area contributed by atoms with Crippen LogP contribution >= 0.6 is 0 Å². The van der Waals surface area contributed by atoms with E-state index in [2.05, 4.69) is 10.3 Å². The number of nitrogens with zero attached hydrogens (tertiary/aromatic N) is 1. The van der Waals surface area contributed by atoms with Crippen molar-refractivity contribution in [3.63, 3.8) is 0 Å². The van der Waals surface area contributed by atoms with Crippen LogP contribution in [-0.4, -0.2) is 36.5 Å². The number of aliphatic hydroxyl groups excluding tert-OH is 1. The number of aliphatic hydroxyl groups is 1. The van der Waals surface area contributed by atoms with Crippen molar-refractivity contribution in [3.05, 3.63) is 23.9 Å². The summed E-state index contributed by atoms with van der Waals surface area (Å²) in [5.74, 6) is 0.258. The van der Waals surface area contributed by atoms with Crippen LogP contribution in [0.1, 0.15) is 5.56 Å². The molecule has 0 aliphatic carbocycles. The van der Waals surface area contributed by atoms with E-state index < -0.39 is 17.8 Å². The van der Waals surface area contributed by atoms with Gasteiger partial charge in [0.25, 0.3) is 0 Å². The summed E-state index contributed by atoms with van der Waals surface area (Å²) in [6.07, 6.45) is -3.65. The third-order valence-corrected chi connectivity index (χ3v) is 2.03. The molecule has 96 valence electrons. The van der Waals surface area contributed by atoms with E-state index in [1.54, 1.807) is 0 Å². The lowest BCUT2D eigenvalue weighted by atomic mass is 10.2. The number of pyridine rings is 1. The first-order valence-electron chi connectivity index (χ1n) is 4.87. The molecular weight excluding hydrogens is 237 g/mol. The van der Waals surface area contributed by atoms with E-state index >= 15 is 0 Å². The summed E-state index contributed by atoms with van der Waals surface area (Å²) >= 11 is 0. The van der Waals surface area contributed by atoms with E-state index in [0.717, 1.165) is 12.3 Å². The molecule has 0 saturated carbocycles. The van der Waals surface area contributed by atoms with Crippen LogP contribution in [-0.2, 0) is 10.9 Å². The molecule has 0 radical (unpaired) electrons. The van der Waals surface area contributed by atoms with E-state index in [4.69, 9.17) is 9.84 Å². The van der Waals surface area contributed by atoms with Gasteiger partial charge in [-0.25, -0.2) is 4.98 Å². The van der Waals surface area contributed by atoms with Crippen LogP contribution in [0.15, 0.2) is 18.3 Å². The number of anilines is 1. The quantitative estimate of drug-likeness (QED) is 0.832. The molecule has 1 atom stereocenters. The maximum Gasteiger partial charge on any atom is 0.417 e. The van der Waals surface area contributed by atoms with Gasteiger partial charge in [-0.15, -0.1) is 0 Å². The Labute approximate surface area is 96.4 Å². The van der Waals surface area contributed by atoms with Crippen molar-refractivity contribution in [2.24, 2.45) is 0 Å². The summed E-state index contributed by atoms with van der Waals surface area (Å²) in [7, 11) is 1.46. The normalized spacial score (nSPS) is 13.5. The second-order valence-electron chi connectivity index (χ2n) is 3.41. The third kappa shape index (κ3) is 4.20. The fourth-order valence-corrected chi connectivity index (χ4v) is 1.20. The van der Waals surface area contributed by atoms with Crippen molar-refractivity contribution in [2.75, 3.05) is 25.6 Å². The molecule has 4 nitrogen and oxygen atoms in total. The molecule has 17 heavy (non-hydrogen) atoms. The van der Waals surface area contributed by atoms with Gasteiger partial charge in [0.1, 0.15) is 5.82 Å². The number of alkyl halides is 3. The van der Waals surface area contributed by atoms with Crippen molar-refractivity contribution in [1.82, 2.24) is 4.98 Å². The fourth-order valence-electron chi connectivity index (χ4n) is 1.20. The Bertz CT molecular complexity index is 340. The van der Waals surface area contributed by atoms with Crippen molar-refractivity contribution >= 4 is 5.82 Å². The van der Waals surface area contributed by atoms with Gasteiger partial charge in [0, 0.05) is 13.3 Å². The molecule has 0 aliphatic rings. The van der Waals surface area contributed by atoms with Crippen LogP contribution in [0.3, 0.4) is 0 Å². The zero-order chi connectivity index (χ0) is 12.9. The van der Waals surface area contributed by atoms with Crippen molar-refractivity contribution in [3.8, 4) is 0 Å². The Hall–Kier alpha value is -1.34. The topological polar surface area (TPSA) is 54.4 Å². The maximum atomic E-state index is 12.2. The summed E-state index contributed by atoms with van der Waals surface area (Å²) in [5, 5.41) is 11.7. The minimum atomic E-state index is -4.39. The van der Waals surface area contributed by atoms with Crippen molar-refractivity contribution < 1.29 is 23.0 Å². The highest BCUT2D eigenvalue weighted by Gasteiger charge is 2.30. The highest BCUT2D eigenvalue weighted by molar-refractivity contribution is 5.37. The summed E-state index contributed by atoms with van der Waals surface area (Å²) in [6, 6.07) is 1.74. The molecule has 0 fully saturated rings. The molecule has 0 aliphatic heterocycles. The molecule has 0 saturated heterocycles. The van der Waals surface area contributed by atoms with E-state index in [1.807, 2.05) is 0 Å². The van der Waals surface area contributed by atoms with Crippen LogP contribution in [0.25, 0.3) is 0 Å². The smallest absolute Gasteiger partial charge is 0.394 e. The summed E-state index contributed by atoms with van der Waals surface area (Å²) < 4.78 is 41.6. The average Bonchev–Trinajstić information content (AvgIpc) is 2.28. The zero-order valence-corrected chi connectivity index (χ0v) is 9.16. The van der Waals surface area contributed by atoms with E-state index in [0.29, 0.717) is 0 Å². The maximum absolute atomic E-state index is 12.2. The van der Waals surface area contributed by atoms with Gasteiger partial charge >= 0.3 is 6.18 Å². The number of aromatic nitrogens is 1. The van der Waals surface area contributed by atoms with Gasteiger partial charge in [-0.1, -0.05) is 0 Å². The number of hydrogen-bond acceptors (Lipinski definition) is 4. The Morgan fingerprint density at radius 1 is 1.47 bits per heavy atom.